The average Bonchev–Trinajstić information content (AvgIpc) is 3.01. The summed E-state index contributed by atoms with van der Waals surface area (Å²) in [5.41, 5.74) is 3.16. The smallest absolute Gasteiger partial charge is 0.238 e. The van der Waals surface area contributed by atoms with Gasteiger partial charge in [-0.3, -0.25) is 14.6 Å². The van der Waals surface area contributed by atoms with Crippen molar-refractivity contribution in [1.29, 1.82) is 0 Å². The Labute approximate surface area is 188 Å². The van der Waals surface area contributed by atoms with Crippen LogP contribution in [0.1, 0.15) is 12.0 Å². The second-order valence-corrected chi connectivity index (χ2v) is 9.45. The maximum Gasteiger partial charge on any atom is 0.238 e. The lowest BCUT2D eigenvalue weighted by Gasteiger charge is -2.26. The third-order valence-corrected chi connectivity index (χ3v) is 6.81. The van der Waals surface area contributed by atoms with Gasteiger partial charge in [0, 0.05) is 68.7 Å². The molecule has 2 heterocycles. The first-order chi connectivity index (χ1) is 15.2. The quantitative estimate of drug-likeness (QED) is 0.741. The fourth-order valence-corrected chi connectivity index (χ4v) is 5.19. The van der Waals surface area contributed by atoms with Crippen molar-refractivity contribution >= 4 is 29.0 Å². The van der Waals surface area contributed by atoms with Crippen LogP contribution in [0.15, 0.2) is 48.5 Å². The number of anilines is 2. The van der Waals surface area contributed by atoms with Crippen LogP contribution in [0.4, 0.5) is 15.8 Å². The van der Waals surface area contributed by atoms with Crippen LogP contribution in [0, 0.1) is 5.82 Å². The largest absolute Gasteiger partial charge is 0.370 e. The molecule has 1 N–H and O–H groups in total. The molecule has 7 heteroatoms. The number of hydrogen-bond donors (Lipinski definition) is 1. The monoisotopic (exact) mass is 442 g/mol. The molecule has 31 heavy (non-hydrogen) atoms. The molecule has 0 radical (unpaired) electrons. The molecule has 0 atom stereocenters. The first-order valence-electron chi connectivity index (χ1n) is 11.1. The first-order valence-corrected chi connectivity index (χ1v) is 12.2. The van der Waals surface area contributed by atoms with Crippen molar-refractivity contribution < 1.29 is 9.18 Å². The number of nitrogens with zero attached hydrogens (tertiary/aromatic N) is 3. The van der Waals surface area contributed by atoms with Gasteiger partial charge in [0.25, 0.3) is 0 Å². The number of hydrogen-bond acceptors (Lipinski definition) is 5. The third-order valence-electron chi connectivity index (χ3n) is 5.87. The van der Waals surface area contributed by atoms with E-state index in [1.54, 1.807) is 0 Å². The van der Waals surface area contributed by atoms with E-state index in [0.29, 0.717) is 6.54 Å². The Morgan fingerprint density at radius 2 is 1.74 bits per heavy atom. The lowest BCUT2D eigenvalue weighted by atomic mass is 10.2. The summed E-state index contributed by atoms with van der Waals surface area (Å²) in [4.78, 5) is 19.6. The van der Waals surface area contributed by atoms with Gasteiger partial charge >= 0.3 is 0 Å². The van der Waals surface area contributed by atoms with Gasteiger partial charge in [-0.05, 0) is 48.4 Å². The Kier molecular flexibility index (Phi) is 7.83. The predicted molar refractivity (Wildman–Crippen MR) is 127 cm³/mol. The molecular formula is C24H31FN4OS. The van der Waals surface area contributed by atoms with Crippen molar-refractivity contribution in [2.45, 2.75) is 13.0 Å². The van der Waals surface area contributed by atoms with Crippen molar-refractivity contribution in [1.82, 2.24) is 9.80 Å². The SMILES string of the molecule is O=C(CN1CCCN(c2ccc(F)cc2)CC1)Nc1cccc(CN2CCSCC2)c1. The van der Waals surface area contributed by atoms with Crippen molar-refractivity contribution in [3.63, 3.8) is 0 Å². The van der Waals surface area contributed by atoms with Crippen LogP contribution in [0.5, 0.6) is 0 Å². The van der Waals surface area contributed by atoms with Gasteiger partial charge in [0.05, 0.1) is 6.54 Å². The Bertz CT molecular complexity index is 857. The molecule has 0 aliphatic carbocycles. The van der Waals surface area contributed by atoms with Crippen molar-refractivity contribution in [3.8, 4) is 0 Å². The minimum Gasteiger partial charge on any atom is -0.370 e. The van der Waals surface area contributed by atoms with E-state index in [9.17, 15) is 9.18 Å². The zero-order valence-electron chi connectivity index (χ0n) is 17.9. The topological polar surface area (TPSA) is 38.8 Å². The highest BCUT2D eigenvalue weighted by molar-refractivity contribution is 7.99. The summed E-state index contributed by atoms with van der Waals surface area (Å²) in [6.07, 6.45) is 0.980. The van der Waals surface area contributed by atoms with Gasteiger partial charge in [-0.2, -0.15) is 11.8 Å². The van der Waals surface area contributed by atoms with Crippen LogP contribution in [-0.2, 0) is 11.3 Å². The van der Waals surface area contributed by atoms with E-state index < -0.39 is 0 Å². The molecule has 2 aromatic carbocycles. The second kappa shape index (κ2) is 11.0. The molecule has 1 amide bonds. The van der Waals surface area contributed by atoms with Crippen molar-refractivity contribution in [2.24, 2.45) is 0 Å². The molecule has 0 spiro atoms. The summed E-state index contributed by atoms with van der Waals surface area (Å²) in [6, 6.07) is 14.9. The third kappa shape index (κ3) is 6.69. The van der Waals surface area contributed by atoms with Gasteiger partial charge in [-0.15, -0.1) is 0 Å². The van der Waals surface area contributed by atoms with E-state index in [-0.39, 0.29) is 11.7 Å². The molecule has 2 aliphatic heterocycles. The Hall–Kier alpha value is -2.09. The summed E-state index contributed by atoms with van der Waals surface area (Å²) in [5.74, 6) is 2.22. The number of amides is 1. The Balaban J connectivity index is 1.26. The number of carbonyl (C=O) groups excluding carboxylic acids is 1. The lowest BCUT2D eigenvalue weighted by molar-refractivity contribution is -0.117. The lowest BCUT2D eigenvalue weighted by Crippen LogP contribution is -2.36. The fourth-order valence-electron chi connectivity index (χ4n) is 4.21. The zero-order valence-corrected chi connectivity index (χ0v) is 18.7. The van der Waals surface area contributed by atoms with Crippen LogP contribution in [-0.4, -0.2) is 73.0 Å². The van der Waals surface area contributed by atoms with Crippen molar-refractivity contribution in [3.05, 3.63) is 59.9 Å². The molecule has 2 saturated heterocycles. The minimum atomic E-state index is -0.212. The number of nitrogens with one attached hydrogen (secondary N) is 1. The Morgan fingerprint density at radius 3 is 2.55 bits per heavy atom. The molecule has 0 bridgehead atoms. The van der Waals surface area contributed by atoms with Gasteiger partial charge < -0.3 is 10.2 Å². The molecule has 0 saturated carbocycles. The van der Waals surface area contributed by atoms with Gasteiger partial charge in [0.15, 0.2) is 0 Å². The molecule has 4 rings (SSSR count). The molecular weight excluding hydrogens is 411 g/mol. The van der Waals surface area contributed by atoms with Crippen LogP contribution in [0.2, 0.25) is 0 Å². The maximum atomic E-state index is 13.2. The fraction of sp³-hybridized carbons (Fsp3) is 0.458. The molecule has 5 nitrogen and oxygen atoms in total. The van der Waals surface area contributed by atoms with Crippen LogP contribution in [0.25, 0.3) is 0 Å². The highest BCUT2D eigenvalue weighted by atomic mass is 32.2. The molecule has 166 valence electrons. The molecule has 0 aromatic heterocycles. The predicted octanol–water partition coefficient (Wildman–Crippen LogP) is 3.53. The number of rotatable bonds is 6. The molecule has 2 aromatic rings. The van der Waals surface area contributed by atoms with E-state index in [1.807, 2.05) is 36.0 Å². The van der Waals surface area contributed by atoms with E-state index in [2.05, 4.69) is 32.1 Å². The Morgan fingerprint density at radius 1 is 0.935 bits per heavy atom. The molecule has 0 unspecified atom stereocenters. The van der Waals surface area contributed by atoms with E-state index in [0.717, 1.165) is 63.6 Å². The summed E-state index contributed by atoms with van der Waals surface area (Å²) < 4.78 is 13.2. The number of carbonyl (C=O) groups is 1. The standard InChI is InChI=1S/C24H31FN4OS/c25-21-5-7-23(8-6-21)29-10-2-9-27(11-12-29)19-24(30)26-22-4-1-3-20(17-22)18-28-13-15-31-16-14-28/h1,3-8,17H,2,9-16,18-19H2,(H,26,30). The number of benzene rings is 2. The van der Waals surface area contributed by atoms with E-state index >= 15 is 0 Å². The molecule has 2 fully saturated rings. The summed E-state index contributed by atoms with van der Waals surface area (Å²) in [6.45, 7) is 7.05. The van der Waals surface area contributed by atoms with Gasteiger partial charge in [-0.25, -0.2) is 4.39 Å². The number of thioether (sulfide) groups is 1. The molecule has 2 aliphatic rings. The van der Waals surface area contributed by atoms with Crippen LogP contribution < -0.4 is 10.2 Å². The van der Waals surface area contributed by atoms with Crippen LogP contribution in [0.3, 0.4) is 0 Å². The van der Waals surface area contributed by atoms with E-state index in [1.165, 1.54) is 29.2 Å². The summed E-state index contributed by atoms with van der Waals surface area (Å²) >= 11 is 2.02. The highest BCUT2D eigenvalue weighted by Crippen LogP contribution is 2.18. The first kappa shape index (κ1) is 22.1. The maximum absolute atomic E-state index is 13.2. The van der Waals surface area contributed by atoms with E-state index in [4.69, 9.17) is 0 Å². The van der Waals surface area contributed by atoms with Gasteiger partial charge in [0.2, 0.25) is 5.91 Å². The van der Waals surface area contributed by atoms with Gasteiger partial charge in [0.1, 0.15) is 5.82 Å². The second-order valence-electron chi connectivity index (χ2n) is 8.23. The minimum absolute atomic E-state index is 0.0294. The number of halogens is 1. The summed E-state index contributed by atoms with van der Waals surface area (Å²) in [5, 5.41) is 3.08. The highest BCUT2D eigenvalue weighted by Gasteiger charge is 2.18. The zero-order chi connectivity index (χ0) is 21.5. The normalized spacial score (nSPS) is 18.5. The average molecular weight is 443 g/mol. The van der Waals surface area contributed by atoms with Gasteiger partial charge in [-0.1, -0.05) is 12.1 Å². The summed E-state index contributed by atoms with van der Waals surface area (Å²) in [7, 11) is 0. The van der Waals surface area contributed by atoms with Crippen LogP contribution >= 0.6 is 11.8 Å². The van der Waals surface area contributed by atoms with Crippen molar-refractivity contribution in [2.75, 3.05) is 67.5 Å².